The normalized spacial score (nSPS) is 54.8. The van der Waals surface area contributed by atoms with Crippen molar-refractivity contribution in [1.82, 2.24) is 0 Å². The van der Waals surface area contributed by atoms with Crippen molar-refractivity contribution >= 4 is 18.9 Å². The van der Waals surface area contributed by atoms with Crippen molar-refractivity contribution in [3.05, 3.63) is 0 Å². The topological polar surface area (TPSA) is 26.3 Å². The summed E-state index contributed by atoms with van der Waals surface area (Å²) in [7, 11) is 0. The lowest BCUT2D eigenvalue weighted by atomic mass is 10.00. The molecule has 0 radical (unpaired) electrons. The molecule has 2 saturated heterocycles. The molecule has 0 aromatic carbocycles. The lowest BCUT2D eigenvalue weighted by Crippen LogP contribution is -2.48. The standard InChI is InChI=1S/C6H8O2S/c7-4-5-1-2-6(9,3-5)8-5/h4,9H,1-3H2/t5-,6+/m1/s1. The van der Waals surface area contributed by atoms with Gasteiger partial charge in [-0.3, -0.25) is 0 Å². The van der Waals surface area contributed by atoms with Crippen molar-refractivity contribution in [2.24, 2.45) is 0 Å². The number of fused-ring (bicyclic) bond motifs is 1. The molecule has 1 aliphatic carbocycles. The van der Waals surface area contributed by atoms with Crippen molar-refractivity contribution in [2.45, 2.75) is 29.8 Å². The highest BCUT2D eigenvalue weighted by atomic mass is 32.1. The summed E-state index contributed by atoms with van der Waals surface area (Å²) in [6, 6.07) is 0. The van der Waals surface area contributed by atoms with Gasteiger partial charge in [-0.25, -0.2) is 0 Å². The highest BCUT2D eigenvalue weighted by molar-refractivity contribution is 7.81. The SMILES string of the molecule is O=C[C@@]12CC[C@](S)(C1)O2. The average Bonchev–Trinajstić information content (AvgIpc) is 2.20. The van der Waals surface area contributed by atoms with E-state index in [4.69, 9.17) is 4.74 Å². The van der Waals surface area contributed by atoms with Gasteiger partial charge in [-0.15, -0.1) is 12.6 Å². The fourth-order valence-electron chi connectivity index (χ4n) is 1.65. The van der Waals surface area contributed by atoms with Gasteiger partial charge in [-0.05, 0) is 12.8 Å². The molecule has 50 valence electrons. The first-order valence-electron chi connectivity index (χ1n) is 3.07. The number of hydrogen-bond acceptors (Lipinski definition) is 3. The molecular weight excluding hydrogens is 136 g/mol. The van der Waals surface area contributed by atoms with Crippen LogP contribution in [0, 0.1) is 0 Å². The van der Waals surface area contributed by atoms with Crippen molar-refractivity contribution < 1.29 is 9.53 Å². The third kappa shape index (κ3) is 0.591. The Hall–Kier alpha value is -0.0200. The van der Waals surface area contributed by atoms with Crippen molar-refractivity contribution in [3.8, 4) is 0 Å². The number of hydrogen-bond donors (Lipinski definition) is 1. The van der Waals surface area contributed by atoms with Gasteiger partial charge in [0.1, 0.15) is 10.5 Å². The van der Waals surface area contributed by atoms with E-state index >= 15 is 0 Å². The fourth-order valence-corrected chi connectivity index (χ4v) is 2.21. The van der Waals surface area contributed by atoms with Gasteiger partial charge >= 0.3 is 0 Å². The summed E-state index contributed by atoms with van der Waals surface area (Å²) in [5.74, 6) is 0. The maximum absolute atomic E-state index is 10.4. The summed E-state index contributed by atoms with van der Waals surface area (Å²) in [5.41, 5.74) is -0.415. The van der Waals surface area contributed by atoms with E-state index in [2.05, 4.69) is 12.6 Å². The van der Waals surface area contributed by atoms with Crippen LogP contribution in [0.4, 0.5) is 0 Å². The lowest BCUT2D eigenvalue weighted by molar-refractivity contribution is -0.172. The number of thiol groups is 1. The summed E-state index contributed by atoms with van der Waals surface area (Å²) in [4.78, 5) is 10.1. The molecule has 3 aliphatic rings. The number of aldehydes is 1. The maximum Gasteiger partial charge on any atom is 0.152 e. The van der Waals surface area contributed by atoms with Crippen molar-refractivity contribution in [1.29, 1.82) is 0 Å². The van der Waals surface area contributed by atoms with Crippen LogP contribution in [-0.2, 0) is 9.53 Å². The minimum Gasteiger partial charge on any atom is -0.350 e. The Balaban J connectivity index is 2.21. The van der Waals surface area contributed by atoms with E-state index < -0.39 is 5.60 Å². The molecule has 0 aromatic heterocycles. The second-order valence-electron chi connectivity index (χ2n) is 2.91. The summed E-state index contributed by atoms with van der Waals surface area (Å²) in [5, 5.41) is 0. The van der Waals surface area contributed by atoms with Gasteiger partial charge in [0.25, 0.3) is 0 Å². The van der Waals surface area contributed by atoms with Gasteiger partial charge in [0.15, 0.2) is 6.29 Å². The first kappa shape index (κ1) is 5.74. The number of carbonyl (C=O) groups excluding carboxylic acids is 1. The van der Waals surface area contributed by atoms with Gasteiger partial charge in [0.05, 0.1) is 0 Å². The van der Waals surface area contributed by atoms with Crippen LogP contribution in [0.5, 0.6) is 0 Å². The zero-order valence-electron chi connectivity index (χ0n) is 4.96. The molecule has 3 rings (SSSR count). The van der Waals surface area contributed by atoms with E-state index in [9.17, 15) is 4.79 Å². The molecule has 3 fully saturated rings. The molecule has 2 atom stereocenters. The summed E-state index contributed by atoms with van der Waals surface area (Å²) in [6.45, 7) is 0. The van der Waals surface area contributed by atoms with E-state index in [1.54, 1.807) is 0 Å². The molecule has 2 aliphatic heterocycles. The van der Waals surface area contributed by atoms with Crippen LogP contribution in [0.15, 0.2) is 0 Å². The van der Waals surface area contributed by atoms with Crippen LogP contribution in [-0.4, -0.2) is 16.8 Å². The van der Waals surface area contributed by atoms with Gasteiger partial charge < -0.3 is 9.53 Å². The van der Waals surface area contributed by atoms with E-state index in [-0.39, 0.29) is 4.93 Å². The second kappa shape index (κ2) is 1.35. The third-order valence-corrected chi connectivity index (χ3v) is 2.60. The van der Waals surface area contributed by atoms with Crippen LogP contribution >= 0.6 is 12.6 Å². The van der Waals surface area contributed by atoms with Gasteiger partial charge in [0.2, 0.25) is 0 Å². The fraction of sp³-hybridized carbons (Fsp3) is 0.833. The molecule has 9 heavy (non-hydrogen) atoms. The molecule has 2 bridgehead atoms. The van der Waals surface area contributed by atoms with Crippen LogP contribution < -0.4 is 0 Å². The largest absolute Gasteiger partial charge is 0.350 e. The van der Waals surface area contributed by atoms with Crippen LogP contribution in [0.3, 0.4) is 0 Å². The molecule has 1 saturated carbocycles. The molecule has 0 N–H and O–H groups in total. The quantitative estimate of drug-likeness (QED) is 0.434. The number of rotatable bonds is 1. The predicted molar refractivity (Wildman–Crippen MR) is 35.4 cm³/mol. The third-order valence-electron chi connectivity index (χ3n) is 2.12. The first-order chi connectivity index (χ1) is 4.18. The van der Waals surface area contributed by atoms with Crippen molar-refractivity contribution in [3.63, 3.8) is 0 Å². The Morgan fingerprint density at radius 3 is 2.44 bits per heavy atom. The molecule has 2 heterocycles. The van der Waals surface area contributed by atoms with Gasteiger partial charge in [-0.1, -0.05) is 0 Å². The Morgan fingerprint density at radius 1 is 1.56 bits per heavy atom. The maximum atomic E-state index is 10.4. The molecule has 3 heteroatoms. The van der Waals surface area contributed by atoms with Crippen molar-refractivity contribution in [2.75, 3.05) is 0 Å². The summed E-state index contributed by atoms with van der Waals surface area (Å²) in [6.07, 6.45) is 3.51. The Kier molecular flexibility index (Phi) is 0.860. The smallest absolute Gasteiger partial charge is 0.152 e. The first-order valence-corrected chi connectivity index (χ1v) is 3.52. The Labute approximate surface area is 59.0 Å². The highest BCUT2D eigenvalue weighted by Gasteiger charge is 2.60. The molecule has 0 amide bonds. The van der Waals surface area contributed by atoms with Crippen LogP contribution in [0.1, 0.15) is 19.3 Å². The zero-order valence-corrected chi connectivity index (χ0v) is 5.86. The van der Waals surface area contributed by atoms with E-state index in [1.807, 2.05) is 0 Å². The van der Waals surface area contributed by atoms with E-state index in [0.29, 0.717) is 0 Å². The molecule has 0 unspecified atom stereocenters. The van der Waals surface area contributed by atoms with Gasteiger partial charge in [-0.2, -0.15) is 0 Å². The average molecular weight is 144 g/mol. The second-order valence-corrected chi connectivity index (χ2v) is 3.72. The molecular formula is C6H8O2S. The predicted octanol–water partition coefficient (Wildman–Crippen LogP) is 0.764. The molecule has 0 aromatic rings. The number of ether oxygens (including phenoxy) is 1. The minimum absolute atomic E-state index is 0.235. The molecule has 2 nitrogen and oxygen atoms in total. The van der Waals surface area contributed by atoms with Crippen LogP contribution in [0.25, 0.3) is 0 Å². The van der Waals surface area contributed by atoms with E-state index in [0.717, 1.165) is 25.5 Å². The molecule has 0 spiro atoms. The van der Waals surface area contributed by atoms with E-state index in [1.165, 1.54) is 0 Å². The van der Waals surface area contributed by atoms with Gasteiger partial charge in [0, 0.05) is 6.42 Å². The monoisotopic (exact) mass is 144 g/mol. The lowest BCUT2D eigenvalue weighted by Gasteiger charge is -2.40. The summed E-state index contributed by atoms with van der Waals surface area (Å²) < 4.78 is 5.27. The Bertz CT molecular complexity index is 160. The minimum atomic E-state index is -0.415. The zero-order chi connectivity index (χ0) is 6.54. The highest BCUT2D eigenvalue weighted by Crippen LogP contribution is 2.56. The summed E-state index contributed by atoms with van der Waals surface area (Å²) >= 11 is 4.24. The number of carbonyl (C=O) groups is 1. The Morgan fingerprint density at radius 2 is 2.22 bits per heavy atom. The van der Waals surface area contributed by atoms with Crippen LogP contribution in [0.2, 0.25) is 0 Å².